The topological polar surface area (TPSA) is 72.7 Å². The third-order valence-corrected chi connectivity index (χ3v) is 2.78. The van der Waals surface area contributed by atoms with E-state index in [-0.39, 0.29) is 5.91 Å². The number of carbonyl (C=O) groups is 1. The van der Waals surface area contributed by atoms with Gasteiger partial charge in [0.25, 0.3) is 0 Å². The lowest BCUT2D eigenvalue weighted by atomic mass is 10.2. The van der Waals surface area contributed by atoms with Crippen LogP contribution in [0.5, 0.6) is 0 Å². The maximum Gasteiger partial charge on any atom is 0.224 e. The molecule has 0 spiro atoms. The van der Waals surface area contributed by atoms with Gasteiger partial charge in [-0.25, -0.2) is 4.68 Å². The van der Waals surface area contributed by atoms with Crippen LogP contribution in [0.1, 0.15) is 26.2 Å². The average Bonchev–Trinajstić information content (AvgIpc) is 2.83. The fraction of sp³-hybridized carbons (Fsp3) is 0.385. The van der Waals surface area contributed by atoms with Crippen LogP contribution < -0.4 is 5.32 Å². The van der Waals surface area contributed by atoms with Crippen LogP contribution in [-0.4, -0.2) is 26.1 Å². The van der Waals surface area contributed by atoms with Crippen LogP contribution in [0.4, 0.5) is 5.69 Å². The molecule has 0 bridgehead atoms. The number of hydrogen-bond donors (Lipinski definition) is 1. The Morgan fingerprint density at radius 1 is 1.42 bits per heavy atom. The van der Waals surface area contributed by atoms with Crippen LogP contribution in [0.25, 0.3) is 11.4 Å². The SMILES string of the molecule is CCCCC(=O)Nc1cccc(-c2nnnn2C)c1. The minimum atomic E-state index is 0.0371. The van der Waals surface area contributed by atoms with Crippen LogP contribution in [0.15, 0.2) is 24.3 Å². The zero-order valence-corrected chi connectivity index (χ0v) is 11.1. The van der Waals surface area contributed by atoms with Gasteiger partial charge in [-0.05, 0) is 29.0 Å². The predicted molar refractivity (Wildman–Crippen MR) is 72.4 cm³/mol. The Morgan fingerprint density at radius 3 is 2.95 bits per heavy atom. The fourth-order valence-electron chi connectivity index (χ4n) is 1.77. The van der Waals surface area contributed by atoms with E-state index in [1.807, 2.05) is 24.3 Å². The quantitative estimate of drug-likeness (QED) is 0.891. The smallest absolute Gasteiger partial charge is 0.224 e. The summed E-state index contributed by atoms with van der Waals surface area (Å²) >= 11 is 0. The summed E-state index contributed by atoms with van der Waals surface area (Å²) in [5.74, 6) is 0.708. The summed E-state index contributed by atoms with van der Waals surface area (Å²) < 4.78 is 1.60. The Balaban J connectivity index is 2.12. The summed E-state index contributed by atoms with van der Waals surface area (Å²) in [4.78, 5) is 11.7. The number of carbonyl (C=O) groups excluding carboxylic acids is 1. The van der Waals surface area contributed by atoms with Gasteiger partial charge in [-0.3, -0.25) is 4.79 Å². The number of nitrogens with one attached hydrogen (secondary N) is 1. The molecule has 0 saturated carbocycles. The van der Waals surface area contributed by atoms with E-state index < -0.39 is 0 Å². The van der Waals surface area contributed by atoms with Gasteiger partial charge in [0.05, 0.1) is 0 Å². The molecule has 1 heterocycles. The molecule has 6 nitrogen and oxygen atoms in total. The van der Waals surface area contributed by atoms with Gasteiger partial charge >= 0.3 is 0 Å². The lowest BCUT2D eigenvalue weighted by Gasteiger charge is -2.06. The molecule has 1 aromatic carbocycles. The van der Waals surface area contributed by atoms with Crippen LogP contribution in [-0.2, 0) is 11.8 Å². The largest absolute Gasteiger partial charge is 0.326 e. The number of hydrogen-bond acceptors (Lipinski definition) is 4. The Bertz CT molecular complexity index is 564. The maximum atomic E-state index is 11.7. The first-order chi connectivity index (χ1) is 9.20. The molecule has 1 aromatic heterocycles. The van der Waals surface area contributed by atoms with Crippen molar-refractivity contribution in [1.29, 1.82) is 0 Å². The zero-order valence-electron chi connectivity index (χ0n) is 11.1. The Labute approximate surface area is 111 Å². The second-order valence-corrected chi connectivity index (χ2v) is 4.36. The zero-order chi connectivity index (χ0) is 13.7. The molecule has 0 atom stereocenters. The highest BCUT2D eigenvalue weighted by Gasteiger charge is 2.07. The number of benzene rings is 1. The Kier molecular flexibility index (Phi) is 4.22. The van der Waals surface area contributed by atoms with Gasteiger partial charge in [0.15, 0.2) is 5.82 Å². The molecular weight excluding hydrogens is 242 g/mol. The number of tetrazole rings is 1. The fourth-order valence-corrected chi connectivity index (χ4v) is 1.77. The van der Waals surface area contributed by atoms with Crippen molar-refractivity contribution in [1.82, 2.24) is 20.2 Å². The van der Waals surface area contributed by atoms with Crippen molar-refractivity contribution in [2.45, 2.75) is 26.2 Å². The van der Waals surface area contributed by atoms with Crippen molar-refractivity contribution in [2.24, 2.45) is 7.05 Å². The van der Waals surface area contributed by atoms with Gasteiger partial charge in [0.2, 0.25) is 5.91 Å². The number of amides is 1. The van der Waals surface area contributed by atoms with Crippen molar-refractivity contribution in [3.63, 3.8) is 0 Å². The van der Waals surface area contributed by atoms with E-state index in [9.17, 15) is 4.79 Å². The third kappa shape index (κ3) is 3.37. The first kappa shape index (κ1) is 13.2. The summed E-state index contributed by atoms with van der Waals surface area (Å²) in [5, 5.41) is 14.2. The molecule has 1 N–H and O–H groups in total. The number of aryl methyl sites for hydroxylation is 1. The number of unbranched alkanes of at least 4 members (excludes halogenated alkanes) is 1. The molecular formula is C13H17N5O. The van der Waals surface area contributed by atoms with Gasteiger partial charge < -0.3 is 5.32 Å². The molecule has 0 aliphatic rings. The van der Waals surface area contributed by atoms with Gasteiger partial charge in [-0.1, -0.05) is 25.5 Å². The van der Waals surface area contributed by atoms with Crippen LogP contribution in [0.3, 0.4) is 0 Å². The van der Waals surface area contributed by atoms with Gasteiger partial charge in [0, 0.05) is 24.7 Å². The van der Waals surface area contributed by atoms with E-state index >= 15 is 0 Å². The normalized spacial score (nSPS) is 10.4. The molecule has 2 rings (SSSR count). The van der Waals surface area contributed by atoms with E-state index in [4.69, 9.17) is 0 Å². The van der Waals surface area contributed by atoms with Crippen LogP contribution >= 0.6 is 0 Å². The maximum absolute atomic E-state index is 11.7. The average molecular weight is 259 g/mol. The van der Waals surface area contributed by atoms with Crippen LogP contribution in [0, 0.1) is 0 Å². The minimum absolute atomic E-state index is 0.0371. The van der Waals surface area contributed by atoms with E-state index in [2.05, 4.69) is 27.8 Å². The monoisotopic (exact) mass is 259 g/mol. The summed E-state index contributed by atoms with van der Waals surface area (Å²) in [6, 6.07) is 7.51. The number of rotatable bonds is 5. The molecule has 6 heteroatoms. The van der Waals surface area contributed by atoms with E-state index in [1.165, 1.54) is 0 Å². The highest BCUT2D eigenvalue weighted by atomic mass is 16.1. The molecule has 0 aliphatic carbocycles. The van der Waals surface area contributed by atoms with Gasteiger partial charge in [0.1, 0.15) is 0 Å². The summed E-state index contributed by atoms with van der Waals surface area (Å²) in [7, 11) is 1.78. The highest BCUT2D eigenvalue weighted by Crippen LogP contribution is 2.19. The standard InChI is InChI=1S/C13H17N5O/c1-3-4-8-12(19)14-11-7-5-6-10(9-11)13-15-16-17-18(13)2/h5-7,9H,3-4,8H2,1-2H3,(H,14,19). The molecule has 1 amide bonds. The highest BCUT2D eigenvalue weighted by molar-refractivity contribution is 5.91. The van der Waals surface area contributed by atoms with Gasteiger partial charge in [-0.15, -0.1) is 5.10 Å². The Hall–Kier alpha value is -2.24. The van der Waals surface area contributed by atoms with Crippen LogP contribution in [0.2, 0.25) is 0 Å². The summed E-state index contributed by atoms with van der Waals surface area (Å²) in [5.41, 5.74) is 1.64. The number of aromatic nitrogens is 4. The lowest BCUT2D eigenvalue weighted by Crippen LogP contribution is -2.10. The summed E-state index contributed by atoms with van der Waals surface area (Å²) in [6.45, 7) is 2.06. The van der Waals surface area contributed by atoms with E-state index in [1.54, 1.807) is 11.7 Å². The lowest BCUT2D eigenvalue weighted by molar-refractivity contribution is -0.116. The van der Waals surface area contributed by atoms with Crippen molar-refractivity contribution in [2.75, 3.05) is 5.32 Å². The number of nitrogens with zero attached hydrogens (tertiary/aromatic N) is 4. The molecule has 2 aromatic rings. The minimum Gasteiger partial charge on any atom is -0.326 e. The van der Waals surface area contributed by atoms with Gasteiger partial charge in [-0.2, -0.15) is 0 Å². The second kappa shape index (κ2) is 6.08. The molecule has 0 fully saturated rings. The first-order valence-electron chi connectivity index (χ1n) is 6.33. The van der Waals surface area contributed by atoms with Crippen molar-refractivity contribution in [3.8, 4) is 11.4 Å². The predicted octanol–water partition coefficient (Wildman–Crippen LogP) is 2.01. The molecule has 0 radical (unpaired) electrons. The number of anilines is 1. The van der Waals surface area contributed by atoms with Crippen molar-refractivity contribution < 1.29 is 4.79 Å². The van der Waals surface area contributed by atoms with Crippen molar-refractivity contribution >= 4 is 11.6 Å². The summed E-state index contributed by atoms with van der Waals surface area (Å²) in [6.07, 6.45) is 2.46. The molecule has 0 saturated heterocycles. The van der Waals surface area contributed by atoms with E-state index in [0.717, 1.165) is 24.1 Å². The molecule has 0 aliphatic heterocycles. The second-order valence-electron chi connectivity index (χ2n) is 4.36. The Morgan fingerprint density at radius 2 is 2.26 bits per heavy atom. The third-order valence-electron chi connectivity index (χ3n) is 2.78. The van der Waals surface area contributed by atoms with E-state index in [0.29, 0.717) is 12.2 Å². The molecule has 100 valence electrons. The molecule has 0 unspecified atom stereocenters. The van der Waals surface area contributed by atoms with Crippen molar-refractivity contribution in [3.05, 3.63) is 24.3 Å². The molecule has 19 heavy (non-hydrogen) atoms. The first-order valence-corrected chi connectivity index (χ1v) is 6.33.